The Morgan fingerprint density at radius 2 is 2.04 bits per heavy atom. The molecule has 2 fully saturated rings. The van der Waals surface area contributed by atoms with Crippen LogP contribution in [0, 0.1) is 5.92 Å². The molecule has 1 N–H and O–H groups in total. The summed E-state index contributed by atoms with van der Waals surface area (Å²) < 4.78 is 0. The van der Waals surface area contributed by atoms with Gasteiger partial charge in [-0.2, -0.15) is 0 Å². The number of carbonyl (C=O) groups excluding carboxylic acids is 2. The van der Waals surface area contributed by atoms with Gasteiger partial charge in [-0.15, -0.1) is 0 Å². The lowest BCUT2D eigenvalue weighted by Gasteiger charge is -2.24. The van der Waals surface area contributed by atoms with Crippen LogP contribution in [0.2, 0.25) is 0 Å². The molecular weight excluding hydrogens is 330 g/mol. The molecule has 0 aromatic carbocycles. The summed E-state index contributed by atoms with van der Waals surface area (Å²) in [5, 5.41) is 3.39. The first-order valence-electron chi connectivity index (χ1n) is 9.76. The molecule has 0 aliphatic carbocycles. The average Bonchev–Trinajstić information content (AvgIpc) is 2.92. The van der Waals surface area contributed by atoms with Crippen LogP contribution in [0.4, 0.5) is 5.95 Å². The second-order valence-corrected chi connectivity index (χ2v) is 7.30. The molecule has 0 radical (unpaired) electrons. The summed E-state index contributed by atoms with van der Waals surface area (Å²) in [6.07, 6.45) is 9.13. The van der Waals surface area contributed by atoms with E-state index in [-0.39, 0.29) is 24.4 Å². The van der Waals surface area contributed by atoms with Crippen LogP contribution in [0.1, 0.15) is 45.4 Å². The molecule has 2 saturated heterocycles. The molecule has 0 bridgehead atoms. The summed E-state index contributed by atoms with van der Waals surface area (Å²) in [6, 6.07) is 1.94. The number of hydrogen-bond donors (Lipinski definition) is 1. The fraction of sp³-hybridized carbons (Fsp3) is 0.684. The first kappa shape index (κ1) is 18.6. The number of hydrogen-bond acceptors (Lipinski definition) is 5. The molecule has 2 aliphatic heterocycles. The molecule has 2 atom stereocenters. The van der Waals surface area contributed by atoms with Crippen LogP contribution in [0.3, 0.4) is 0 Å². The highest BCUT2D eigenvalue weighted by Crippen LogP contribution is 2.24. The van der Waals surface area contributed by atoms with Gasteiger partial charge in [0.2, 0.25) is 17.8 Å². The van der Waals surface area contributed by atoms with Crippen molar-refractivity contribution >= 4 is 17.8 Å². The highest BCUT2D eigenvalue weighted by atomic mass is 16.2. The van der Waals surface area contributed by atoms with Gasteiger partial charge in [0.15, 0.2) is 0 Å². The van der Waals surface area contributed by atoms with Crippen LogP contribution in [0.25, 0.3) is 0 Å². The molecule has 0 unspecified atom stereocenters. The lowest BCUT2D eigenvalue weighted by molar-refractivity contribution is -0.139. The van der Waals surface area contributed by atoms with Crippen LogP contribution in [0.15, 0.2) is 18.5 Å². The Kier molecular flexibility index (Phi) is 6.41. The van der Waals surface area contributed by atoms with Gasteiger partial charge in [0.25, 0.3) is 0 Å². The molecular formula is C19H29N5O2. The monoisotopic (exact) mass is 359 g/mol. The molecule has 1 aromatic heterocycles. The minimum Gasteiger partial charge on any atom is -0.349 e. The summed E-state index contributed by atoms with van der Waals surface area (Å²) in [4.78, 5) is 37.1. The number of amides is 2. The summed E-state index contributed by atoms with van der Waals surface area (Å²) >= 11 is 0. The Bertz CT molecular complexity index is 609. The van der Waals surface area contributed by atoms with E-state index in [1.54, 1.807) is 23.4 Å². The minimum absolute atomic E-state index is 0.0552. The normalized spacial score (nSPS) is 23.8. The van der Waals surface area contributed by atoms with Crippen molar-refractivity contribution in [1.29, 1.82) is 0 Å². The van der Waals surface area contributed by atoms with E-state index in [4.69, 9.17) is 0 Å². The Balaban J connectivity index is 1.60. The van der Waals surface area contributed by atoms with Gasteiger partial charge in [-0.05, 0) is 31.2 Å². The summed E-state index contributed by atoms with van der Waals surface area (Å²) in [6.45, 7) is 4.46. The van der Waals surface area contributed by atoms with Crippen molar-refractivity contribution in [3.05, 3.63) is 18.5 Å². The number of likely N-dealkylation sites (tertiary alicyclic amines) is 2. The van der Waals surface area contributed by atoms with E-state index < -0.39 is 0 Å². The lowest BCUT2D eigenvalue weighted by atomic mass is 9.98. The standard InChI is InChI=1S/C19H29N5O2/c1-2-7-15-12-24(13-16(15)22-19-20-9-6-10-21-19)18(26)14-23-11-5-3-4-8-17(23)25/h6,9-10,15-16H,2-5,7-8,11-14H2,1H3,(H,20,21,22)/t15-,16-/m0/s1. The predicted octanol–water partition coefficient (Wildman–Crippen LogP) is 1.92. The maximum Gasteiger partial charge on any atom is 0.242 e. The Labute approximate surface area is 155 Å². The second-order valence-electron chi connectivity index (χ2n) is 7.30. The summed E-state index contributed by atoms with van der Waals surface area (Å²) in [5.74, 6) is 1.16. The number of nitrogens with one attached hydrogen (secondary N) is 1. The minimum atomic E-state index is 0.0552. The van der Waals surface area contributed by atoms with Crippen molar-refractivity contribution in [3.8, 4) is 0 Å². The molecule has 142 valence electrons. The summed E-state index contributed by atoms with van der Waals surface area (Å²) in [7, 11) is 0. The number of carbonyl (C=O) groups is 2. The van der Waals surface area contributed by atoms with Gasteiger partial charge in [-0.1, -0.05) is 19.8 Å². The van der Waals surface area contributed by atoms with Crippen LogP contribution < -0.4 is 5.32 Å². The Morgan fingerprint density at radius 3 is 2.81 bits per heavy atom. The highest BCUT2D eigenvalue weighted by Gasteiger charge is 2.35. The highest BCUT2D eigenvalue weighted by molar-refractivity contribution is 5.85. The van der Waals surface area contributed by atoms with Gasteiger partial charge in [-0.3, -0.25) is 9.59 Å². The predicted molar refractivity (Wildman–Crippen MR) is 99.5 cm³/mol. The van der Waals surface area contributed by atoms with E-state index in [1.807, 2.05) is 4.90 Å². The second kappa shape index (κ2) is 8.96. The first-order valence-corrected chi connectivity index (χ1v) is 9.76. The SMILES string of the molecule is CCC[C@H]1CN(C(=O)CN2CCCCCC2=O)C[C@@H]1Nc1ncccn1. The van der Waals surface area contributed by atoms with Crippen LogP contribution >= 0.6 is 0 Å². The van der Waals surface area contributed by atoms with Crippen LogP contribution in [0.5, 0.6) is 0 Å². The van der Waals surface area contributed by atoms with Crippen molar-refractivity contribution in [1.82, 2.24) is 19.8 Å². The summed E-state index contributed by atoms with van der Waals surface area (Å²) in [5.41, 5.74) is 0. The van der Waals surface area contributed by atoms with E-state index in [0.29, 0.717) is 31.4 Å². The maximum atomic E-state index is 12.8. The number of nitrogens with zero attached hydrogens (tertiary/aromatic N) is 4. The van der Waals surface area contributed by atoms with Gasteiger partial charge >= 0.3 is 0 Å². The number of anilines is 1. The Hall–Kier alpha value is -2.18. The topological polar surface area (TPSA) is 78.4 Å². The third-order valence-electron chi connectivity index (χ3n) is 5.33. The molecule has 0 spiro atoms. The van der Waals surface area contributed by atoms with Gasteiger partial charge in [0, 0.05) is 38.4 Å². The third-order valence-corrected chi connectivity index (χ3v) is 5.33. The first-order chi connectivity index (χ1) is 12.7. The smallest absolute Gasteiger partial charge is 0.242 e. The van der Waals surface area contributed by atoms with Crippen molar-refractivity contribution in [2.45, 2.75) is 51.5 Å². The zero-order valence-corrected chi connectivity index (χ0v) is 15.6. The number of aromatic nitrogens is 2. The molecule has 3 rings (SSSR count). The van der Waals surface area contributed by atoms with Crippen molar-refractivity contribution < 1.29 is 9.59 Å². The third kappa shape index (κ3) is 4.71. The number of rotatable bonds is 6. The van der Waals surface area contributed by atoms with Gasteiger partial charge in [-0.25, -0.2) is 9.97 Å². The maximum absolute atomic E-state index is 12.8. The molecule has 7 nitrogen and oxygen atoms in total. The van der Waals surface area contributed by atoms with Gasteiger partial charge < -0.3 is 15.1 Å². The Morgan fingerprint density at radius 1 is 1.23 bits per heavy atom. The average molecular weight is 359 g/mol. The van der Waals surface area contributed by atoms with E-state index in [9.17, 15) is 9.59 Å². The van der Waals surface area contributed by atoms with Gasteiger partial charge in [0.1, 0.15) is 0 Å². The van der Waals surface area contributed by atoms with Crippen molar-refractivity contribution in [3.63, 3.8) is 0 Å². The largest absolute Gasteiger partial charge is 0.349 e. The fourth-order valence-electron chi connectivity index (χ4n) is 3.91. The van der Waals surface area contributed by atoms with Crippen LogP contribution in [-0.2, 0) is 9.59 Å². The molecule has 0 saturated carbocycles. The zero-order chi connectivity index (χ0) is 18.4. The molecule has 3 heterocycles. The lowest BCUT2D eigenvalue weighted by Crippen LogP contribution is -2.42. The quantitative estimate of drug-likeness (QED) is 0.839. The molecule has 2 amide bonds. The van der Waals surface area contributed by atoms with Crippen molar-refractivity contribution in [2.24, 2.45) is 5.92 Å². The van der Waals surface area contributed by atoms with Crippen LogP contribution in [-0.4, -0.2) is 63.8 Å². The molecule has 26 heavy (non-hydrogen) atoms. The van der Waals surface area contributed by atoms with Crippen molar-refractivity contribution in [2.75, 3.05) is 31.5 Å². The molecule has 1 aromatic rings. The van der Waals surface area contributed by atoms with E-state index in [2.05, 4.69) is 22.2 Å². The zero-order valence-electron chi connectivity index (χ0n) is 15.6. The molecule has 7 heteroatoms. The molecule has 2 aliphatic rings. The van der Waals surface area contributed by atoms with E-state index in [0.717, 1.165) is 38.6 Å². The fourth-order valence-corrected chi connectivity index (χ4v) is 3.91. The van der Waals surface area contributed by atoms with E-state index >= 15 is 0 Å². The van der Waals surface area contributed by atoms with Gasteiger partial charge in [0.05, 0.1) is 12.6 Å². The van der Waals surface area contributed by atoms with E-state index in [1.165, 1.54) is 0 Å².